The maximum absolute atomic E-state index is 9.86. The van der Waals surface area contributed by atoms with Crippen molar-refractivity contribution < 1.29 is 18.8 Å². The third kappa shape index (κ3) is 5.44. The van der Waals surface area contributed by atoms with Gasteiger partial charge in [-0.2, -0.15) is 10.5 Å². The highest BCUT2D eigenvalue weighted by molar-refractivity contribution is 6.62. The Hall–Kier alpha value is -5.02. The highest BCUT2D eigenvalue weighted by Gasteiger charge is 2.75. The number of methoxy groups -OCH3 is 1. The molecule has 55 heavy (non-hydrogen) atoms. The van der Waals surface area contributed by atoms with Crippen LogP contribution in [0.4, 0.5) is 5.69 Å². The van der Waals surface area contributed by atoms with Crippen LogP contribution >= 0.6 is 0 Å². The number of anilines is 1. The number of hydrogen-bond acceptors (Lipinski definition) is 7. The molecule has 0 radical (unpaired) electrons. The number of likely N-dealkylation sites (N-methyl/N-ethyl adjacent to an activating group) is 1. The van der Waals surface area contributed by atoms with E-state index in [0.717, 1.165) is 69.0 Å². The molecule has 4 aliphatic carbocycles. The molecule has 278 valence electrons. The summed E-state index contributed by atoms with van der Waals surface area (Å²) in [5.74, 6) is 4.76. The number of hydrogen-bond donors (Lipinski definition) is 0. The predicted molar refractivity (Wildman–Crippen MR) is 216 cm³/mol. The Morgan fingerprint density at radius 1 is 0.927 bits per heavy atom. The number of nitrogens with zero attached hydrogens (tertiary/aromatic N) is 3. The maximum atomic E-state index is 9.86. The predicted octanol–water partition coefficient (Wildman–Crippen LogP) is 9.23. The highest BCUT2D eigenvalue weighted by Crippen LogP contribution is 2.83. The van der Waals surface area contributed by atoms with Crippen LogP contribution in [0, 0.1) is 51.7 Å². The van der Waals surface area contributed by atoms with Gasteiger partial charge in [0.15, 0.2) is 0 Å². The van der Waals surface area contributed by atoms with Crippen LogP contribution < -0.4 is 15.1 Å². The summed E-state index contributed by atoms with van der Waals surface area (Å²) in [4.78, 5) is 2.23. The summed E-state index contributed by atoms with van der Waals surface area (Å²) in [6.07, 6.45) is 11.5. The molecule has 7 nitrogen and oxygen atoms in total. The van der Waals surface area contributed by atoms with Crippen LogP contribution in [-0.2, 0) is 20.7 Å². The summed E-state index contributed by atoms with van der Waals surface area (Å²) >= 11 is 0. The quantitative estimate of drug-likeness (QED) is 0.123. The van der Waals surface area contributed by atoms with Gasteiger partial charge in [-0.1, -0.05) is 54.6 Å². The fourth-order valence-corrected chi connectivity index (χ4v) is 10.8. The van der Waals surface area contributed by atoms with Gasteiger partial charge in [-0.15, -0.1) is 0 Å². The third-order valence-corrected chi connectivity index (χ3v) is 14.2. The molecule has 2 aliphatic heterocycles. The van der Waals surface area contributed by atoms with Gasteiger partial charge in [-0.05, 0) is 142 Å². The monoisotopic (exact) mass is 729 g/mol. The van der Waals surface area contributed by atoms with Gasteiger partial charge in [0.05, 0.1) is 18.3 Å². The topological polar surface area (TPSA) is 87.7 Å². The molecule has 6 aliphatic rings. The number of fused-ring (bicyclic) bond motifs is 2. The summed E-state index contributed by atoms with van der Waals surface area (Å²) in [5, 5.41) is 19.7. The molecule has 2 bridgehead atoms. The van der Waals surface area contributed by atoms with Crippen molar-refractivity contribution in [3.05, 3.63) is 118 Å². The van der Waals surface area contributed by atoms with Gasteiger partial charge >= 0.3 is 7.12 Å². The smallest absolute Gasteiger partial charge is 0.494 e. The van der Waals surface area contributed by atoms with E-state index in [1.54, 1.807) is 0 Å². The molecule has 5 unspecified atom stereocenters. The fourth-order valence-electron chi connectivity index (χ4n) is 10.8. The summed E-state index contributed by atoms with van der Waals surface area (Å²) in [6, 6.07) is 26.8. The number of ether oxygens (including phenoxy) is 2. The Morgan fingerprint density at radius 2 is 1.65 bits per heavy atom. The van der Waals surface area contributed by atoms with Gasteiger partial charge in [0.2, 0.25) is 0 Å². The number of rotatable bonds is 9. The van der Waals surface area contributed by atoms with Gasteiger partial charge in [-0.3, -0.25) is 0 Å². The van der Waals surface area contributed by atoms with Crippen molar-refractivity contribution in [3.8, 4) is 17.9 Å². The van der Waals surface area contributed by atoms with Crippen LogP contribution in [-0.4, -0.2) is 32.0 Å². The first-order chi connectivity index (χ1) is 26.5. The Bertz CT molecular complexity index is 2260. The van der Waals surface area contributed by atoms with E-state index in [-0.39, 0.29) is 16.8 Å². The van der Waals surface area contributed by atoms with E-state index in [0.29, 0.717) is 29.4 Å². The van der Waals surface area contributed by atoms with E-state index in [9.17, 15) is 10.5 Å². The molecule has 3 aromatic rings. The van der Waals surface area contributed by atoms with E-state index in [4.69, 9.17) is 18.8 Å². The SMILES string of the molecule is CCN1C(/C=C/c2ccc(OCc3ccc(B4OC(C)(C)C(C)(C)O4)cc3)cc2/C(OC)=C2/C3CC4CC5CC2C45C3)=CC(=C(C#N)C#N)c2ccccc21. The molecule has 3 aromatic carbocycles. The van der Waals surface area contributed by atoms with Crippen LogP contribution in [0.2, 0.25) is 0 Å². The lowest BCUT2D eigenvalue weighted by Gasteiger charge is -2.66. The second-order valence-corrected chi connectivity index (χ2v) is 17.2. The minimum Gasteiger partial charge on any atom is -0.496 e. The second kappa shape index (κ2) is 13.0. The van der Waals surface area contributed by atoms with Crippen molar-refractivity contribution in [1.29, 1.82) is 10.5 Å². The molecule has 0 amide bonds. The van der Waals surface area contributed by atoms with Gasteiger partial charge in [-0.25, -0.2) is 0 Å². The molecule has 8 heteroatoms. The minimum absolute atomic E-state index is 0.106. The van der Waals surface area contributed by atoms with E-state index in [2.05, 4.69) is 106 Å². The standard InChI is InChI=1S/C47H48BN3O4/c1-7-51-36(23-39(32(26-49)27-50)38-10-8-9-11-42(38)51)18-14-30-15-19-37(53-28-29-12-16-35(17-13-29)48-54-45(2,3)46(4,5)55-48)24-40(30)44(52-6)43-31-20-33-21-34-22-41(43)47(33,34)25-31/h8-19,23-24,31,33-34,41H,7,20-22,25,28H2,1-6H3/b18-14+,44-43+. The molecule has 2 heterocycles. The molecular weight excluding hydrogens is 681 g/mol. The lowest BCUT2D eigenvalue weighted by atomic mass is 9.38. The highest BCUT2D eigenvalue weighted by atomic mass is 16.7. The van der Waals surface area contributed by atoms with Gasteiger partial charge in [0.1, 0.15) is 35.8 Å². The summed E-state index contributed by atoms with van der Waals surface area (Å²) < 4.78 is 25.5. The molecule has 1 spiro atoms. The zero-order valence-corrected chi connectivity index (χ0v) is 32.7. The van der Waals surface area contributed by atoms with Gasteiger partial charge < -0.3 is 23.7 Å². The molecule has 9 rings (SSSR count). The van der Waals surface area contributed by atoms with Gasteiger partial charge in [0.25, 0.3) is 0 Å². The van der Waals surface area contributed by atoms with Crippen molar-refractivity contribution in [1.82, 2.24) is 0 Å². The fraction of sp³-hybridized carbons (Fsp3) is 0.404. The van der Waals surface area contributed by atoms with Crippen molar-refractivity contribution in [2.45, 2.75) is 78.1 Å². The van der Waals surface area contributed by atoms with Crippen LogP contribution in [0.5, 0.6) is 5.75 Å². The molecule has 1 saturated heterocycles. The average Bonchev–Trinajstić information content (AvgIpc) is 3.76. The lowest BCUT2D eigenvalue weighted by Crippen LogP contribution is -2.60. The number of benzene rings is 3. The Morgan fingerprint density at radius 3 is 2.33 bits per heavy atom. The number of allylic oxidation sites excluding steroid dienone is 5. The van der Waals surface area contributed by atoms with Crippen molar-refractivity contribution >= 4 is 35.7 Å². The van der Waals surface area contributed by atoms with Crippen LogP contribution in [0.15, 0.2) is 95.7 Å². The van der Waals surface area contributed by atoms with E-state index in [1.807, 2.05) is 37.5 Å². The zero-order valence-electron chi connectivity index (χ0n) is 32.7. The molecule has 4 saturated carbocycles. The molecule has 0 aromatic heterocycles. The lowest BCUT2D eigenvalue weighted by molar-refractivity contribution is -0.159. The Balaban J connectivity index is 1.05. The first-order valence-corrected chi connectivity index (χ1v) is 19.8. The van der Waals surface area contributed by atoms with Gasteiger partial charge in [0, 0.05) is 34.6 Å². The average molecular weight is 730 g/mol. The first-order valence-electron chi connectivity index (χ1n) is 19.8. The molecule has 5 fully saturated rings. The van der Waals surface area contributed by atoms with Crippen LogP contribution in [0.3, 0.4) is 0 Å². The summed E-state index contributed by atoms with van der Waals surface area (Å²) in [7, 11) is 1.42. The number of para-hydroxylation sites is 1. The minimum atomic E-state index is -0.402. The normalized spacial score (nSPS) is 28.4. The zero-order chi connectivity index (χ0) is 38.3. The Labute approximate surface area is 325 Å². The molecule has 0 N–H and O–H groups in total. The summed E-state index contributed by atoms with van der Waals surface area (Å²) in [6.45, 7) is 11.5. The second-order valence-electron chi connectivity index (χ2n) is 17.2. The van der Waals surface area contributed by atoms with Crippen molar-refractivity contribution in [2.75, 3.05) is 18.6 Å². The van der Waals surface area contributed by atoms with Crippen molar-refractivity contribution in [3.63, 3.8) is 0 Å². The number of nitriles is 2. The molecular formula is C47H48BN3O4. The third-order valence-electron chi connectivity index (χ3n) is 14.2. The van der Waals surface area contributed by atoms with E-state index >= 15 is 0 Å². The Kier molecular flexibility index (Phi) is 8.46. The van der Waals surface area contributed by atoms with E-state index < -0.39 is 7.12 Å². The largest absolute Gasteiger partial charge is 0.496 e. The van der Waals surface area contributed by atoms with E-state index in [1.165, 1.54) is 31.3 Å². The first kappa shape index (κ1) is 35.7. The maximum Gasteiger partial charge on any atom is 0.494 e. The summed E-state index contributed by atoms with van der Waals surface area (Å²) in [5.41, 5.74) is 8.91. The van der Waals surface area contributed by atoms with Crippen LogP contribution in [0.1, 0.15) is 82.6 Å². The van der Waals surface area contributed by atoms with Crippen molar-refractivity contribution in [2.24, 2.45) is 29.1 Å². The van der Waals surface area contributed by atoms with Crippen LogP contribution in [0.25, 0.3) is 17.4 Å². The molecule has 5 atom stereocenters.